The van der Waals surface area contributed by atoms with E-state index in [4.69, 9.17) is 0 Å². The molecule has 2 nitrogen and oxygen atoms in total. The molecule has 0 aromatic heterocycles. The van der Waals surface area contributed by atoms with E-state index < -0.39 is 0 Å². The number of hydrogen-bond acceptors (Lipinski definition) is 2. The largest absolute Gasteiger partial charge is 0.314 e. The van der Waals surface area contributed by atoms with Gasteiger partial charge in [-0.3, -0.25) is 0 Å². The van der Waals surface area contributed by atoms with Crippen LogP contribution in [0.1, 0.15) is 59.8 Å². The van der Waals surface area contributed by atoms with Gasteiger partial charge >= 0.3 is 0 Å². The van der Waals surface area contributed by atoms with Crippen LogP contribution in [0.5, 0.6) is 0 Å². The third-order valence-electron chi connectivity index (χ3n) is 3.69. The van der Waals surface area contributed by atoms with Gasteiger partial charge in [0.15, 0.2) is 0 Å². The first kappa shape index (κ1) is 16.0. The third-order valence-corrected chi connectivity index (χ3v) is 3.69. The molecule has 1 N–H and O–H groups in total. The van der Waals surface area contributed by atoms with Crippen LogP contribution >= 0.6 is 0 Å². The van der Waals surface area contributed by atoms with E-state index in [9.17, 15) is 0 Å². The predicted molar refractivity (Wildman–Crippen MR) is 81.0 cm³/mol. The van der Waals surface area contributed by atoms with Crippen molar-refractivity contribution in [3.63, 3.8) is 0 Å². The molecule has 1 unspecified atom stereocenters. The molecule has 18 heavy (non-hydrogen) atoms. The fourth-order valence-corrected chi connectivity index (χ4v) is 3.02. The molecule has 1 aliphatic rings. The van der Waals surface area contributed by atoms with Crippen LogP contribution in [0.3, 0.4) is 0 Å². The van der Waals surface area contributed by atoms with Crippen LogP contribution in [0.2, 0.25) is 0 Å². The van der Waals surface area contributed by atoms with E-state index in [0.717, 1.165) is 17.9 Å². The summed E-state index contributed by atoms with van der Waals surface area (Å²) in [5.74, 6) is 1.58. The second-order valence-electron chi connectivity index (χ2n) is 6.84. The van der Waals surface area contributed by atoms with Gasteiger partial charge in [0.05, 0.1) is 0 Å². The average molecular weight is 254 g/mol. The number of nitrogens with one attached hydrogen (secondary N) is 1. The molecule has 0 aliphatic carbocycles. The molecule has 1 atom stereocenters. The van der Waals surface area contributed by atoms with Gasteiger partial charge < -0.3 is 10.2 Å². The summed E-state index contributed by atoms with van der Waals surface area (Å²) in [6.45, 7) is 14.4. The lowest BCUT2D eigenvalue weighted by molar-refractivity contribution is 0.210. The van der Waals surface area contributed by atoms with E-state index >= 15 is 0 Å². The number of nitrogens with zero attached hydrogens (tertiary/aromatic N) is 1. The molecule has 1 aliphatic heterocycles. The maximum Gasteiger partial charge on any atom is 0.00675 e. The average Bonchev–Trinajstić information content (AvgIpc) is 2.28. The Balaban J connectivity index is 2.18. The summed E-state index contributed by atoms with van der Waals surface area (Å²) in [7, 11) is 0. The zero-order chi connectivity index (χ0) is 13.4. The van der Waals surface area contributed by atoms with Gasteiger partial charge in [-0.1, -0.05) is 34.1 Å². The first-order valence-corrected chi connectivity index (χ1v) is 8.03. The molecule has 0 aromatic carbocycles. The van der Waals surface area contributed by atoms with Crippen LogP contribution < -0.4 is 5.32 Å². The van der Waals surface area contributed by atoms with Crippen LogP contribution in [-0.2, 0) is 0 Å². The molecular formula is C16H34N2. The monoisotopic (exact) mass is 254 g/mol. The minimum atomic E-state index is 0.788. The maximum absolute atomic E-state index is 3.66. The fourth-order valence-electron chi connectivity index (χ4n) is 3.02. The molecule has 1 heterocycles. The van der Waals surface area contributed by atoms with Crippen molar-refractivity contribution in [2.45, 2.75) is 65.8 Å². The summed E-state index contributed by atoms with van der Waals surface area (Å²) in [4.78, 5) is 2.66. The Morgan fingerprint density at radius 3 is 2.22 bits per heavy atom. The molecule has 0 bridgehead atoms. The van der Waals surface area contributed by atoms with E-state index in [1.54, 1.807) is 0 Å². The van der Waals surface area contributed by atoms with Crippen molar-refractivity contribution in [2.24, 2.45) is 11.8 Å². The summed E-state index contributed by atoms with van der Waals surface area (Å²) in [6.07, 6.45) is 6.93. The molecule has 1 fully saturated rings. The Hall–Kier alpha value is -0.0800. The second kappa shape index (κ2) is 8.92. The van der Waals surface area contributed by atoms with Crippen molar-refractivity contribution in [1.29, 1.82) is 0 Å². The standard InChI is InChI=1S/C16H34N2/c1-14(2)12-18(13-15(3)4)11-7-9-16-8-5-6-10-17-16/h14-17H,5-13H2,1-4H3. The van der Waals surface area contributed by atoms with Crippen LogP contribution in [0.25, 0.3) is 0 Å². The van der Waals surface area contributed by atoms with Gasteiger partial charge in [-0.15, -0.1) is 0 Å². The zero-order valence-corrected chi connectivity index (χ0v) is 13.0. The number of hydrogen-bond donors (Lipinski definition) is 1. The van der Waals surface area contributed by atoms with Gasteiger partial charge in [-0.05, 0) is 50.6 Å². The molecule has 0 amide bonds. The Bertz CT molecular complexity index is 185. The topological polar surface area (TPSA) is 15.3 Å². The molecule has 1 rings (SSSR count). The van der Waals surface area contributed by atoms with Gasteiger partial charge in [-0.2, -0.15) is 0 Å². The van der Waals surface area contributed by atoms with E-state index in [0.29, 0.717) is 0 Å². The highest BCUT2D eigenvalue weighted by atomic mass is 15.1. The normalized spacial score (nSPS) is 21.2. The van der Waals surface area contributed by atoms with Crippen molar-refractivity contribution in [3.8, 4) is 0 Å². The Kier molecular flexibility index (Phi) is 7.92. The Morgan fingerprint density at radius 1 is 1.06 bits per heavy atom. The molecule has 108 valence electrons. The minimum Gasteiger partial charge on any atom is -0.314 e. The molecule has 0 saturated carbocycles. The summed E-state index contributed by atoms with van der Waals surface area (Å²) >= 11 is 0. The predicted octanol–water partition coefficient (Wildman–Crippen LogP) is 3.52. The smallest absolute Gasteiger partial charge is 0.00675 e. The van der Waals surface area contributed by atoms with E-state index in [-0.39, 0.29) is 0 Å². The van der Waals surface area contributed by atoms with Gasteiger partial charge in [0.25, 0.3) is 0 Å². The van der Waals surface area contributed by atoms with E-state index in [1.807, 2.05) is 0 Å². The van der Waals surface area contributed by atoms with E-state index in [2.05, 4.69) is 37.9 Å². The minimum absolute atomic E-state index is 0.788. The molecule has 2 heteroatoms. The second-order valence-corrected chi connectivity index (χ2v) is 6.84. The van der Waals surface area contributed by atoms with Crippen molar-refractivity contribution in [1.82, 2.24) is 10.2 Å². The van der Waals surface area contributed by atoms with Crippen LogP contribution in [-0.4, -0.2) is 37.1 Å². The van der Waals surface area contributed by atoms with Crippen LogP contribution in [0.15, 0.2) is 0 Å². The highest BCUT2D eigenvalue weighted by Crippen LogP contribution is 2.13. The lowest BCUT2D eigenvalue weighted by atomic mass is 10.0. The van der Waals surface area contributed by atoms with Crippen molar-refractivity contribution < 1.29 is 0 Å². The van der Waals surface area contributed by atoms with Crippen molar-refractivity contribution >= 4 is 0 Å². The first-order chi connectivity index (χ1) is 8.58. The third kappa shape index (κ3) is 7.38. The zero-order valence-electron chi connectivity index (χ0n) is 13.0. The van der Waals surface area contributed by atoms with Crippen molar-refractivity contribution in [2.75, 3.05) is 26.2 Å². The Morgan fingerprint density at radius 2 is 1.72 bits per heavy atom. The first-order valence-electron chi connectivity index (χ1n) is 8.03. The quantitative estimate of drug-likeness (QED) is 0.713. The number of piperidine rings is 1. The molecule has 1 saturated heterocycles. The molecular weight excluding hydrogens is 220 g/mol. The van der Waals surface area contributed by atoms with Gasteiger partial charge in [0, 0.05) is 19.1 Å². The van der Waals surface area contributed by atoms with Gasteiger partial charge in [0.2, 0.25) is 0 Å². The Labute approximate surface area is 115 Å². The fraction of sp³-hybridized carbons (Fsp3) is 1.00. The lowest BCUT2D eigenvalue weighted by Gasteiger charge is -2.28. The summed E-state index contributed by atoms with van der Waals surface area (Å²) in [6, 6.07) is 0.804. The van der Waals surface area contributed by atoms with Gasteiger partial charge in [-0.25, -0.2) is 0 Å². The lowest BCUT2D eigenvalue weighted by Crippen LogP contribution is -2.36. The maximum atomic E-state index is 3.66. The van der Waals surface area contributed by atoms with E-state index in [1.165, 1.54) is 58.3 Å². The SMILES string of the molecule is CC(C)CN(CCCC1CCCCN1)CC(C)C. The highest BCUT2D eigenvalue weighted by molar-refractivity contribution is 4.73. The van der Waals surface area contributed by atoms with Crippen LogP contribution in [0.4, 0.5) is 0 Å². The molecule has 0 radical (unpaired) electrons. The van der Waals surface area contributed by atoms with Gasteiger partial charge in [0.1, 0.15) is 0 Å². The van der Waals surface area contributed by atoms with Crippen molar-refractivity contribution in [3.05, 3.63) is 0 Å². The summed E-state index contributed by atoms with van der Waals surface area (Å²) in [5, 5.41) is 3.66. The summed E-state index contributed by atoms with van der Waals surface area (Å²) < 4.78 is 0. The highest BCUT2D eigenvalue weighted by Gasteiger charge is 2.14. The number of rotatable bonds is 8. The summed E-state index contributed by atoms with van der Waals surface area (Å²) in [5.41, 5.74) is 0. The molecule has 0 aromatic rings. The van der Waals surface area contributed by atoms with Crippen LogP contribution in [0, 0.1) is 11.8 Å². The molecule has 0 spiro atoms.